The Labute approximate surface area is 210 Å². The number of aliphatic imine (C=N–C) groups is 1. The zero-order valence-electron chi connectivity index (χ0n) is 19.4. The average molecular weight is 511 g/mol. The molecule has 1 saturated heterocycles. The number of hydrogen-bond acceptors (Lipinski definition) is 8. The summed E-state index contributed by atoms with van der Waals surface area (Å²) in [6.07, 6.45) is 1.35. The highest BCUT2D eigenvalue weighted by molar-refractivity contribution is 8.13. The number of thioether (sulfide) groups is 1. The molecule has 11 heteroatoms. The predicted octanol–water partition coefficient (Wildman–Crippen LogP) is 3.37. The van der Waals surface area contributed by atoms with Crippen molar-refractivity contribution < 1.29 is 18.7 Å². The third kappa shape index (κ3) is 4.76. The van der Waals surface area contributed by atoms with Crippen molar-refractivity contribution in [1.82, 2.24) is 15.3 Å². The van der Waals surface area contributed by atoms with Gasteiger partial charge in [0.05, 0.1) is 18.9 Å². The summed E-state index contributed by atoms with van der Waals surface area (Å²) < 4.78 is 28.8. The number of hydrogen-bond donors (Lipinski definition) is 3. The number of halogens is 2. The Kier molecular flexibility index (Phi) is 6.59. The molecule has 1 amide bonds. The molecule has 0 aliphatic carbocycles. The van der Waals surface area contributed by atoms with E-state index in [4.69, 9.17) is 4.99 Å². The van der Waals surface area contributed by atoms with Gasteiger partial charge in [0.1, 0.15) is 17.6 Å². The highest BCUT2D eigenvalue weighted by Crippen LogP contribution is 2.47. The van der Waals surface area contributed by atoms with Gasteiger partial charge in [0.2, 0.25) is 5.95 Å². The fourth-order valence-corrected chi connectivity index (χ4v) is 5.74. The number of nitrogens with zero attached hydrogens (tertiary/aromatic N) is 4. The van der Waals surface area contributed by atoms with Crippen LogP contribution in [0.4, 0.5) is 20.4 Å². The molecule has 1 aromatic heterocycles. The van der Waals surface area contributed by atoms with Crippen molar-refractivity contribution in [2.75, 3.05) is 29.1 Å². The van der Waals surface area contributed by atoms with E-state index in [1.165, 1.54) is 17.8 Å². The molecule has 3 aromatic rings. The first-order chi connectivity index (χ1) is 17.3. The van der Waals surface area contributed by atoms with Gasteiger partial charge in [0, 0.05) is 35.0 Å². The number of nitrogens with one attached hydrogen (secondary N) is 2. The normalized spacial score (nSPS) is 21.9. The Morgan fingerprint density at radius 3 is 2.67 bits per heavy atom. The number of amidine groups is 1. The topological polar surface area (TPSA) is 103 Å². The zero-order chi connectivity index (χ0) is 25.3. The maximum Gasteiger partial charge on any atom is 0.257 e. The monoisotopic (exact) mass is 510 g/mol. The van der Waals surface area contributed by atoms with Crippen molar-refractivity contribution in [3.8, 4) is 0 Å². The van der Waals surface area contributed by atoms with Gasteiger partial charge in [-0.2, -0.15) is 0 Å². The maximum absolute atomic E-state index is 15.4. The van der Waals surface area contributed by atoms with Crippen molar-refractivity contribution in [2.24, 2.45) is 10.9 Å². The number of aliphatic hydroxyl groups is 1. The van der Waals surface area contributed by atoms with Gasteiger partial charge in [-0.1, -0.05) is 30.0 Å². The van der Waals surface area contributed by atoms with Gasteiger partial charge in [0.25, 0.3) is 5.91 Å². The summed E-state index contributed by atoms with van der Waals surface area (Å²) in [7, 11) is 0. The predicted molar refractivity (Wildman–Crippen MR) is 135 cm³/mol. The van der Waals surface area contributed by atoms with Crippen LogP contribution in [0.1, 0.15) is 22.8 Å². The number of benzene rings is 2. The lowest BCUT2D eigenvalue weighted by Gasteiger charge is -2.36. The number of anilines is 2. The van der Waals surface area contributed by atoms with Gasteiger partial charge in [-0.3, -0.25) is 4.79 Å². The lowest BCUT2D eigenvalue weighted by Crippen LogP contribution is -2.43. The Bertz CT molecular complexity index is 1290. The fourth-order valence-electron chi connectivity index (χ4n) is 4.61. The quantitative estimate of drug-likeness (QED) is 0.453. The van der Waals surface area contributed by atoms with Crippen LogP contribution in [0.5, 0.6) is 0 Å². The maximum atomic E-state index is 15.4. The molecule has 0 bridgehead atoms. The minimum Gasteiger partial charge on any atom is -0.374 e. The molecule has 36 heavy (non-hydrogen) atoms. The molecule has 2 aliphatic heterocycles. The van der Waals surface area contributed by atoms with E-state index < -0.39 is 23.4 Å². The van der Waals surface area contributed by atoms with Crippen LogP contribution in [0.3, 0.4) is 0 Å². The Balaban J connectivity index is 1.55. The Morgan fingerprint density at radius 1 is 1.19 bits per heavy atom. The lowest BCUT2D eigenvalue weighted by molar-refractivity contribution is 0.0977. The molecular formula is C25H24F2N6O2S. The van der Waals surface area contributed by atoms with Crippen LogP contribution in [-0.2, 0) is 5.54 Å². The van der Waals surface area contributed by atoms with E-state index in [-0.39, 0.29) is 18.4 Å². The third-order valence-corrected chi connectivity index (χ3v) is 7.26. The van der Waals surface area contributed by atoms with Gasteiger partial charge >= 0.3 is 0 Å². The van der Waals surface area contributed by atoms with E-state index >= 15 is 4.39 Å². The van der Waals surface area contributed by atoms with E-state index in [1.54, 1.807) is 43.3 Å². The number of carbonyl (C=O) groups excluding carboxylic acids is 1. The number of amides is 1. The summed E-state index contributed by atoms with van der Waals surface area (Å²) in [4.78, 5) is 27.8. The summed E-state index contributed by atoms with van der Waals surface area (Å²) in [5, 5.41) is 15.9. The molecule has 0 spiro atoms. The summed E-state index contributed by atoms with van der Waals surface area (Å²) in [5.74, 6) is -0.588. The van der Waals surface area contributed by atoms with E-state index in [0.29, 0.717) is 40.2 Å². The largest absolute Gasteiger partial charge is 0.374 e. The van der Waals surface area contributed by atoms with E-state index in [0.717, 1.165) is 12.4 Å². The van der Waals surface area contributed by atoms with Crippen LogP contribution in [0.2, 0.25) is 0 Å². The number of fused-ring (bicyclic) bond motifs is 1. The highest BCUT2D eigenvalue weighted by atomic mass is 32.2. The van der Waals surface area contributed by atoms with Gasteiger partial charge in [-0.05, 0) is 37.3 Å². The number of aliphatic hydroxyl groups excluding tert-OH is 1. The molecule has 3 N–H and O–H groups in total. The van der Waals surface area contributed by atoms with Crippen LogP contribution in [0, 0.1) is 17.6 Å². The van der Waals surface area contributed by atoms with Crippen molar-refractivity contribution in [3.63, 3.8) is 0 Å². The Morgan fingerprint density at radius 2 is 1.94 bits per heavy atom. The van der Waals surface area contributed by atoms with Crippen LogP contribution in [-0.4, -0.2) is 51.2 Å². The first-order valence-corrected chi connectivity index (χ1v) is 12.4. The van der Waals surface area contributed by atoms with E-state index in [2.05, 4.69) is 20.6 Å². The van der Waals surface area contributed by atoms with Crippen LogP contribution < -0.4 is 15.5 Å². The van der Waals surface area contributed by atoms with Gasteiger partial charge < -0.3 is 20.6 Å². The number of rotatable bonds is 5. The second kappa shape index (κ2) is 9.82. The molecule has 3 heterocycles. The zero-order valence-corrected chi connectivity index (χ0v) is 20.2. The molecular weight excluding hydrogens is 486 g/mol. The fraction of sp³-hybridized carbons (Fsp3) is 0.280. The summed E-state index contributed by atoms with van der Waals surface area (Å²) in [6, 6.07) is 13.3. The average Bonchev–Trinajstić information content (AvgIpc) is 3.26. The smallest absolute Gasteiger partial charge is 0.257 e. The Hall–Kier alpha value is -3.57. The van der Waals surface area contributed by atoms with Crippen molar-refractivity contribution in [1.29, 1.82) is 0 Å². The molecule has 0 saturated carbocycles. The minimum atomic E-state index is -1.07. The van der Waals surface area contributed by atoms with Crippen molar-refractivity contribution in [2.45, 2.75) is 18.7 Å². The minimum absolute atomic E-state index is 0.148. The van der Waals surface area contributed by atoms with Gasteiger partial charge in [-0.15, -0.1) is 0 Å². The second-order valence-electron chi connectivity index (χ2n) is 8.77. The summed E-state index contributed by atoms with van der Waals surface area (Å²) in [6.45, 7) is 2.26. The molecule has 186 valence electrons. The molecule has 2 aliphatic rings. The molecule has 2 aromatic carbocycles. The molecule has 8 nitrogen and oxygen atoms in total. The number of carbonyl (C=O) groups is 1. The SMILES string of the molecule is CC(O)Nc1ccc(F)c([C@]23CN(c4ncc(F)cn4)C[C@H]2CSC(NC(=O)c2ccccc2)=N3)c1. The highest BCUT2D eigenvalue weighted by Gasteiger charge is 2.52. The van der Waals surface area contributed by atoms with Gasteiger partial charge in [-0.25, -0.2) is 23.7 Å². The molecule has 0 radical (unpaired) electrons. The van der Waals surface area contributed by atoms with Crippen molar-refractivity contribution >= 4 is 34.5 Å². The van der Waals surface area contributed by atoms with E-state index in [9.17, 15) is 14.3 Å². The number of aromatic nitrogens is 2. The third-order valence-electron chi connectivity index (χ3n) is 6.22. The molecule has 5 rings (SSSR count). The molecule has 1 fully saturated rings. The summed E-state index contributed by atoms with van der Waals surface area (Å²) >= 11 is 1.39. The first kappa shape index (κ1) is 24.1. The van der Waals surface area contributed by atoms with Crippen LogP contribution in [0.25, 0.3) is 0 Å². The van der Waals surface area contributed by atoms with E-state index in [1.807, 2.05) is 11.0 Å². The summed E-state index contributed by atoms with van der Waals surface area (Å²) in [5.41, 5.74) is 0.283. The second-order valence-corrected chi connectivity index (χ2v) is 9.77. The van der Waals surface area contributed by atoms with Gasteiger partial charge in [0.15, 0.2) is 11.0 Å². The lowest BCUT2D eigenvalue weighted by atomic mass is 9.81. The van der Waals surface area contributed by atoms with Crippen LogP contribution in [0.15, 0.2) is 65.9 Å². The standard InChI is InChI=1S/C25H24F2N6O2S/c1-15(34)30-19-7-8-21(27)20(9-19)25-14-33(23-28-10-18(26)11-29-23)12-17(25)13-36-24(32-25)31-22(35)16-5-3-2-4-6-16/h2-11,15,17,30,34H,12-14H2,1H3,(H,31,32,35)/t15?,17-,25-/m0/s1. The molecule has 1 unspecified atom stereocenters. The van der Waals surface area contributed by atoms with Crippen molar-refractivity contribution in [3.05, 3.63) is 83.7 Å². The van der Waals surface area contributed by atoms with Crippen LogP contribution >= 0.6 is 11.8 Å². The molecule has 3 atom stereocenters. The first-order valence-electron chi connectivity index (χ1n) is 11.4.